The molecule has 0 aliphatic heterocycles. The minimum absolute atomic E-state index is 0.0361. The van der Waals surface area contributed by atoms with Crippen LogP contribution in [-0.4, -0.2) is 21.5 Å². The van der Waals surface area contributed by atoms with Gasteiger partial charge in [-0.05, 0) is 19.1 Å². The predicted molar refractivity (Wildman–Crippen MR) is 120 cm³/mol. The van der Waals surface area contributed by atoms with Crippen LogP contribution >= 0.6 is 0 Å². The molecule has 1 heterocycles. The fourth-order valence-electron chi connectivity index (χ4n) is 3.22. The van der Waals surface area contributed by atoms with E-state index in [9.17, 15) is 14.9 Å². The summed E-state index contributed by atoms with van der Waals surface area (Å²) < 4.78 is 0. The third-order valence-corrected chi connectivity index (χ3v) is 4.83. The number of nitrogens with zero attached hydrogens (tertiary/aromatic N) is 3. The van der Waals surface area contributed by atoms with E-state index in [-0.39, 0.29) is 11.6 Å². The summed E-state index contributed by atoms with van der Waals surface area (Å²) in [5.74, 6) is -0.388. The maximum absolute atomic E-state index is 13.0. The number of amides is 1. The van der Waals surface area contributed by atoms with Crippen LogP contribution in [0.1, 0.15) is 22.8 Å². The first kappa shape index (κ1) is 19.9. The van der Waals surface area contributed by atoms with Gasteiger partial charge in [-0.25, -0.2) is 10.4 Å². The standard InChI is InChI=1S/C24H18N4O3/c1-16(18-10-7-11-19(14-18)28(30)31)26-27-24(29)21-15-23(17-8-3-2-4-9-17)25-22-13-6-5-12-20(21)22/h2-15H,1H3,(H,27,29)/b26-16-. The van der Waals surface area contributed by atoms with E-state index < -0.39 is 4.92 Å². The van der Waals surface area contributed by atoms with Crippen molar-refractivity contribution in [3.8, 4) is 11.3 Å². The molecule has 7 heteroatoms. The van der Waals surface area contributed by atoms with E-state index in [1.54, 1.807) is 25.1 Å². The van der Waals surface area contributed by atoms with Crippen LogP contribution in [0.4, 0.5) is 5.69 Å². The van der Waals surface area contributed by atoms with Crippen LogP contribution in [0.15, 0.2) is 90.0 Å². The summed E-state index contributed by atoms with van der Waals surface area (Å²) in [6, 6.07) is 24.9. The minimum Gasteiger partial charge on any atom is -0.267 e. The van der Waals surface area contributed by atoms with Gasteiger partial charge in [0.1, 0.15) is 0 Å². The van der Waals surface area contributed by atoms with E-state index in [1.165, 1.54) is 12.1 Å². The molecule has 0 bridgehead atoms. The second-order valence-electron chi connectivity index (χ2n) is 6.88. The number of non-ortho nitro benzene ring substituents is 1. The molecule has 3 aromatic carbocycles. The van der Waals surface area contributed by atoms with Crippen molar-refractivity contribution in [1.29, 1.82) is 0 Å². The minimum atomic E-state index is -0.469. The normalized spacial score (nSPS) is 11.3. The summed E-state index contributed by atoms with van der Waals surface area (Å²) in [7, 11) is 0. The number of fused-ring (bicyclic) bond motifs is 1. The third-order valence-electron chi connectivity index (χ3n) is 4.83. The van der Waals surface area contributed by atoms with Gasteiger partial charge >= 0.3 is 0 Å². The summed E-state index contributed by atoms with van der Waals surface area (Å²) in [5.41, 5.74) is 6.28. The fourth-order valence-corrected chi connectivity index (χ4v) is 3.22. The number of carbonyl (C=O) groups excluding carboxylic acids is 1. The molecule has 4 rings (SSSR count). The number of hydrogen-bond acceptors (Lipinski definition) is 5. The zero-order chi connectivity index (χ0) is 21.8. The molecule has 0 fully saturated rings. The monoisotopic (exact) mass is 410 g/mol. The molecule has 0 spiro atoms. The average molecular weight is 410 g/mol. The molecule has 0 radical (unpaired) electrons. The van der Waals surface area contributed by atoms with Gasteiger partial charge in [0.2, 0.25) is 0 Å². The number of nitro groups is 1. The van der Waals surface area contributed by atoms with Gasteiger partial charge < -0.3 is 0 Å². The molecule has 0 unspecified atom stereocenters. The Morgan fingerprint density at radius 1 is 0.968 bits per heavy atom. The Labute approximate surface area is 178 Å². The highest BCUT2D eigenvalue weighted by atomic mass is 16.6. The molecule has 0 atom stereocenters. The Hall–Kier alpha value is -4.39. The highest BCUT2D eigenvalue weighted by Crippen LogP contribution is 2.24. The molecule has 0 saturated heterocycles. The molecule has 1 aromatic heterocycles. The van der Waals surface area contributed by atoms with Crippen LogP contribution in [-0.2, 0) is 0 Å². The number of carbonyl (C=O) groups is 1. The Bertz CT molecular complexity index is 1320. The molecule has 4 aromatic rings. The van der Waals surface area contributed by atoms with Gasteiger partial charge in [0.25, 0.3) is 11.6 Å². The summed E-state index contributed by atoms with van der Waals surface area (Å²) in [4.78, 5) is 28.2. The van der Waals surface area contributed by atoms with Crippen LogP contribution in [0.25, 0.3) is 22.2 Å². The van der Waals surface area contributed by atoms with E-state index in [4.69, 9.17) is 0 Å². The quantitative estimate of drug-likeness (QED) is 0.285. The summed E-state index contributed by atoms with van der Waals surface area (Å²) in [6.07, 6.45) is 0. The van der Waals surface area contributed by atoms with Crippen molar-refractivity contribution < 1.29 is 9.72 Å². The van der Waals surface area contributed by atoms with E-state index in [0.717, 1.165) is 5.56 Å². The van der Waals surface area contributed by atoms with Crippen LogP contribution in [0.3, 0.4) is 0 Å². The summed E-state index contributed by atoms with van der Waals surface area (Å²) >= 11 is 0. The Kier molecular flexibility index (Phi) is 5.49. The number of rotatable bonds is 5. The zero-order valence-corrected chi connectivity index (χ0v) is 16.6. The highest BCUT2D eigenvalue weighted by Gasteiger charge is 2.14. The van der Waals surface area contributed by atoms with E-state index in [2.05, 4.69) is 15.5 Å². The predicted octanol–water partition coefficient (Wildman–Crippen LogP) is 4.96. The van der Waals surface area contributed by atoms with Gasteiger partial charge in [0.15, 0.2) is 0 Å². The molecular weight excluding hydrogens is 392 g/mol. The summed E-state index contributed by atoms with van der Waals surface area (Å²) in [6.45, 7) is 1.68. The van der Waals surface area contributed by atoms with Crippen LogP contribution in [0.2, 0.25) is 0 Å². The van der Waals surface area contributed by atoms with Crippen molar-refractivity contribution in [3.05, 3.63) is 106 Å². The van der Waals surface area contributed by atoms with Gasteiger partial charge in [0, 0.05) is 28.6 Å². The molecule has 0 aliphatic carbocycles. The van der Waals surface area contributed by atoms with Gasteiger partial charge in [-0.15, -0.1) is 0 Å². The van der Waals surface area contributed by atoms with Crippen molar-refractivity contribution in [2.24, 2.45) is 5.10 Å². The smallest absolute Gasteiger partial charge is 0.267 e. The number of aromatic nitrogens is 1. The first-order valence-corrected chi connectivity index (χ1v) is 9.57. The van der Waals surface area contributed by atoms with E-state index >= 15 is 0 Å². The molecule has 31 heavy (non-hydrogen) atoms. The SMILES string of the molecule is C/C(=N/NC(=O)c1cc(-c2ccccc2)nc2ccccc12)c1cccc([N+](=O)[O-])c1. The number of para-hydroxylation sites is 1. The molecule has 7 nitrogen and oxygen atoms in total. The molecule has 0 saturated carbocycles. The lowest BCUT2D eigenvalue weighted by Crippen LogP contribution is -2.20. The number of hydrazone groups is 1. The van der Waals surface area contributed by atoms with E-state index in [1.807, 2.05) is 54.6 Å². The number of nitrogens with one attached hydrogen (secondary N) is 1. The topological polar surface area (TPSA) is 97.5 Å². The van der Waals surface area contributed by atoms with Crippen molar-refractivity contribution in [1.82, 2.24) is 10.4 Å². The Morgan fingerprint density at radius 3 is 2.48 bits per heavy atom. The lowest BCUT2D eigenvalue weighted by Gasteiger charge is -2.09. The van der Waals surface area contributed by atoms with Gasteiger partial charge in [-0.1, -0.05) is 60.7 Å². The van der Waals surface area contributed by atoms with Crippen molar-refractivity contribution >= 4 is 28.2 Å². The second kappa shape index (κ2) is 8.54. The van der Waals surface area contributed by atoms with Crippen molar-refractivity contribution in [3.63, 3.8) is 0 Å². The Morgan fingerprint density at radius 2 is 1.71 bits per heavy atom. The maximum Gasteiger partial charge on any atom is 0.272 e. The van der Waals surface area contributed by atoms with Crippen LogP contribution in [0, 0.1) is 10.1 Å². The fraction of sp³-hybridized carbons (Fsp3) is 0.0417. The number of nitro benzene ring substituents is 1. The molecular formula is C24H18N4O3. The molecule has 1 amide bonds. The number of pyridine rings is 1. The van der Waals surface area contributed by atoms with Crippen molar-refractivity contribution in [2.45, 2.75) is 6.92 Å². The number of benzene rings is 3. The lowest BCUT2D eigenvalue weighted by molar-refractivity contribution is -0.384. The average Bonchev–Trinajstić information content (AvgIpc) is 2.82. The van der Waals surface area contributed by atoms with E-state index in [0.29, 0.717) is 33.4 Å². The number of hydrogen-bond donors (Lipinski definition) is 1. The molecule has 152 valence electrons. The summed E-state index contributed by atoms with van der Waals surface area (Å²) in [5, 5.41) is 15.9. The lowest BCUT2D eigenvalue weighted by atomic mass is 10.0. The maximum atomic E-state index is 13.0. The van der Waals surface area contributed by atoms with Gasteiger partial charge in [-0.2, -0.15) is 5.10 Å². The first-order valence-electron chi connectivity index (χ1n) is 9.57. The second-order valence-corrected chi connectivity index (χ2v) is 6.88. The highest BCUT2D eigenvalue weighted by molar-refractivity contribution is 6.08. The van der Waals surface area contributed by atoms with Gasteiger partial charge in [-0.3, -0.25) is 14.9 Å². The molecule has 0 aliphatic rings. The van der Waals surface area contributed by atoms with Crippen molar-refractivity contribution in [2.75, 3.05) is 0 Å². The first-order chi connectivity index (χ1) is 15.0. The largest absolute Gasteiger partial charge is 0.272 e. The van der Waals surface area contributed by atoms with Crippen LogP contribution in [0.5, 0.6) is 0 Å². The third kappa shape index (κ3) is 4.30. The Balaban J connectivity index is 1.68. The van der Waals surface area contributed by atoms with Crippen LogP contribution < -0.4 is 5.43 Å². The zero-order valence-electron chi connectivity index (χ0n) is 16.6. The van der Waals surface area contributed by atoms with Gasteiger partial charge in [0.05, 0.1) is 27.4 Å². The molecule has 1 N–H and O–H groups in total.